The molecule has 108 valence electrons. The maximum absolute atomic E-state index is 4.36. The monoisotopic (exact) mass is 271 g/mol. The summed E-state index contributed by atoms with van der Waals surface area (Å²) in [6, 6.07) is 1.89. The maximum atomic E-state index is 4.36. The van der Waals surface area contributed by atoms with Gasteiger partial charge in [-0.2, -0.15) is 0 Å². The van der Waals surface area contributed by atoms with E-state index in [0.29, 0.717) is 16.4 Å². The standard InChI is InChI=1S/C17H25N3/c1-15-6-13-7-16(2,10-15)12-17(8-13,11-15)20-9-14-18-4-3-5-19-14/h3-5,13,20H,6-12H2,1-2H3. The SMILES string of the molecule is CC12CC3CC(C)(C1)CC(NCc1ncccn1)(C3)C2. The first-order valence-corrected chi connectivity index (χ1v) is 7.99. The van der Waals surface area contributed by atoms with Crippen LogP contribution >= 0.6 is 0 Å². The van der Waals surface area contributed by atoms with Crippen LogP contribution in [0.5, 0.6) is 0 Å². The maximum Gasteiger partial charge on any atom is 0.141 e. The molecule has 2 atom stereocenters. The van der Waals surface area contributed by atoms with Crippen LogP contribution in [0.15, 0.2) is 18.5 Å². The van der Waals surface area contributed by atoms with E-state index >= 15 is 0 Å². The van der Waals surface area contributed by atoms with Gasteiger partial charge in [0, 0.05) is 17.9 Å². The third-order valence-electron chi connectivity index (χ3n) is 5.87. The molecule has 0 spiro atoms. The molecular formula is C17H25N3. The van der Waals surface area contributed by atoms with E-state index in [1.165, 1.54) is 38.5 Å². The number of rotatable bonds is 3. The molecule has 0 radical (unpaired) electrons. The Labute approximate surface area is 121 Å². The second kappa shape index (κ2) is 4.03. The van der Waals surface area contributed by atoms with Gasteiger partial charge < -0.3 is 5.32 Å². The molecule has 5 rings (SSSR count). The molecule has 4 fully saturated rings. The molecule has 4 saturated carbocycles. The summed E-state index contributed by atoms with van der Waals surface area (Å²) in [5.74, 6) is 1.86. The summed E-state index contributed by atoms with van der Waals surface area (Å²) in [7, 11) is 0. The molecule has 1 heterocycles. The second-order valence-corrected chi connectivity index (χ2v) is 8.43. The van der Waals surface area contributed by atoms with Gasteiger partial charge in [-0.15, -0.1) is 0 Å². The number of aromatic nitrogens is 2. The Hall–Kier alpha value is -0.960. The van der Waals surface area contributed by atoms with E-state index in [0.717, 1.165) is 18.3 Å². The van der Waals surface area contributed by atoms with Crippen LogP contribution in [0, 0.1) is 16.7 Å². The minimum atomic E-state index is 0.349. The summed E-state index contributed by atoms with van der Waals surface area (Å²) in [5, 5.41) is 3.87. The Bertz CT molecular complexity index is 494. The summed E-state index contributed by atoms with van der Waals surface area (Å²) in [6.45, 7) is 5.86. The van der Waals surface area contributed by atoms with Crippen LogP contribution in [0.2, 0.25) is 0 Å². The summed E-state index contributed by atoms with van der Waals surface area (Å²) >= 11 is 0. The smallest absolute Gasteiger partial charge is 0.141 e. The summed E-state index contributed by atoms with van der Waals surface area (Å²) < 4.78 is 0. The van der Waals surface area contributed by atoms with Crippen LogP contribution in [0.25, 0.3) is 0 Å². The first kappa shape index (κ1) is 12.8. The van der Waals surface area contributed by atoms with E-state index < -0.39 is 0 Å². The van der Waals surface area contributed by atoms with Gasteiger partial charge in [0.25, 0.3) is 0 Å². The molecule has 3 heteroatoms. The Morgan fingerprint density at radius 3 is 2.30 bits per heavy atom. The van der Waals surface area contributed by atoms with Crippen molar-refractivity contribution in [3.8, 4) is 0 Å². The Morgan fingerprint density at radius 1 is 1.05 bits per heavy atom. The highest BCUT2D eigenvalue weighted by molar-refractivity contribution is 5.14. The van der Waals surface area contributed by atoms with E-state index in [1.807, 2.05) is 18.5 Å². The molecule has 0 amide bonds. The fourth-order valence-electron chi connectivity index (χ4n) is 6.33. The zero-order valence-electron chi connectivity index (χ0n) is 12.7. The van der Waals surface area contributed by atoms with Crippen molar-refractivity contribution >= 4 is 0 Å². The highest BCUT2D eigenvalue weighted by atomic mass is 15.0. The molecule has 1 N–H and O–H groups in total. The van der Waals surface area contributed by atoms with E-state index in [-0.39, 0.29) is 0 Å². The lowest BCUT2D eigenvalue weighted by Crippen LogP contribution is -2.64. The molecule has 0 aliphatic heterocycles. The molecule has 4 bridgehead atoms. The largest absolute Gasteiger partial charge is 0.304 e. The average molecular weight is 271 g/mol. The first-order chi connectivity index (χ1) is 9.49. The quantitative estimate of drug-likeness (QED) is 0.916. The van der Waals surface area contributed by atoms with Gasteiger partial charge >= 0.3 is 0 Å². The van der Waals surface area contributed by atoms with Crippen molar-refractivity contribution in [2.24, 2.45) is 16.7 Å². The van der Waals surface area contributed by atoms with Crippen molar-refractivity contribution in [3.63, 3.8) is 0 Å². The predicted octanol–water partition coefficient (Wildman–Crippen LogP) is 3.32. The van der Waals surface area contributed by atoms with Crippen LogP contribution < -0.4 is 5.32 Å². The molecule has 4 aliphatic rings. The zero-order valence-corrected chi connectivity index (χ0v) is 12.7. The van der Waals surface area contributed by atoms with Crippen molar-refractivity contribution in [3.05, 3.63) is 24.3 Å². The first-order valence-electron chi connectivity index (χ1n) is 7.99. The van der Waals surface area contributed by atoms with Gasteiger partial charge in [-0.05, 0) is 61.3 Å². The highest BCUT2D eigenvalue weighted by Gasteiger charge is 2.59. The molecule has 20 heavy (non-hydrogen) atoms. The Kier molecular flexibility index (Phi) is 2.57. The van der Waals surface area contributed by atoms with E-state index in [1.54, 1.807) is 0 Å². The second-order valence-electron chi connectivity index (χ2n) is 8.43. The molecular weight excluding hydrogens is 246 g/mol. The van der Waals surface area contributed by atoms with Gasteiger partial charge in [0.15, 0.2) is 0 Å². The molecule has 4 aliphatic carbocycles. The van der Waals surface area contributed by atoms with Gasteiger partial charge in [-0.1, -0.05) is 13.8 Å². The van der Waals surface area contributed by atoms with Crippen LogP contribution in [-0.4, -0.2) is 15.5 Å². The minimum Gasteiger partial charge on any atom is -0.304 e. The fraction of sp³-hybridized carbons (Fsp3) is 0.765. The molecule has 0 saturated heterocycles. The normalized spacial score (nSPS) is 45.8. The molecule has 1 aromatic rings. The third kappa shape index (κ3) is 2.07. The summed E-state index contributed by atoms with van der Waals surface area (Å²) in [6.07, 6.45) is 12.1. The van der Waals surface area contributed by atoms with Crippen LogP contribution in [0.4, 0.5) is 0 Å². The summed E-state index contributed by atoms with van der Waals surface area (Å²) in [5.41, 5.74) is 1.49. The average Bonchev–Trinajstić information content (AvgIpc) is 2.33. The minimum absolute atomic E-state index is 0.349. The molecule has 1 aromatic heterocycles. The van der Waals surface area contributed by atoms with E-state index in [4.69, 9.17) is 0 Å². The number of nitrogens with one attached hydrogen (secondary N) is 1. The topological polar surface area (TPSA) is 37.8 Å². The Balaban J connectivity index is 1.55. The highest BCUT2D eigenvalue weighted by Crippen LogP contribution is 2.66. The number of hydrogen-bond donors (Lipinski definition) is 1. The van der Waals surface area contributed by atoms with Gasteiger partial charge in [-0.25, -0.2) is 9.97 Å². The van der Waals surface area contributed by atoms with E-state index in [9.17, 15) is 0 Å². The molecule has 0 aromatic carbocycles. The van der Waals surface area contributed by atoms with Gasteiger partial charge in [0.2, 0.25) is 0 Å². The number of hydrogen-bond acceptors (Lipinski definition) is 3. The van der Waals surface area contributed by atoms with Crippen molar-refractivity contribution in [2.45, 2.75) is 64.5 Å². The van der Waals surface area contributed by atoms with Gasteiger partial charge in [-0.3, -0.25) is 0 Å². The lowest BCUT2D eigenvalue weighted by atomic mass is 9.43. The Morgan fingerprint density at radius 2 is 1.70 bits per heavy atom. The van der Waals surface area contributed by atoms with Gasteiger partial charge in [0.1, 0.15) is 5.82 Å². The predicted molar refractivity (Wildman–Crippen MR) is 79.0 cm³/mol. The van der Waals surface area contributed by atoms with E-state index in [2.05, 4.69) is 29.1 Å². The van der Waals surface area contributed by atoms with Crippen molar-refractivity contribution in [1.82, 2.24) is 15.3 Å². The van der Waals surface area contributed by atoms with Crippen LogP contribution in [-0.2, 0) is 6.54 Å². The fourth-order valence-corrected chi connectivity index (χ4v) is 6.33. The van der Waals surface area contributed by atoms with Crippen molar-refractivity contribution in [2.75, 3.05) is 0 Å². The van der Waals surface area contributed by atoms with Gasteiger partial charge in [0.05, 0.1) is 6.54 Å². The van der Waals surface area contributed by atoms with Crippen LogP contribution in [0.3, 0.4) is 0 Å². The van der Waals surface area contributed by atoms with Crippen molar-refractivity contribution < 1.29 is 0 Å². The summed E-state index contributed by atoms with van der Waals surface area (Å²) in [4.78, 5) is 8.71. The molecule has 3 nitrogen and oxygen atoms in total. The third-order valence-corrected chi connectivity index (χ3v) is 5.87. The lowest BCUT2D eigenvalue weighted by Gasteiger charge is -2.65. The van der Waals surface area contributed by atoms with Crippen LogP contribution in [0.1, 0.15) is 58.2 Å². The van der Waals surface area contributed by atoms with Crippen molar-refractivity contribution in [1.29, 1.82) is 0 Å². The zero-order chi connectivity index (χ0) is 13.8. The lowest BCUT2D eigenvalue weighted by molar-refractivity contribution is -0.118. The number of nitrogens with zero attached hydrogens (tertiary/aromatic N) is 2. The molecule has 2 unspecified atom stereocenters.